The molecule has 0 spiro atoms. The van der Waals surface area contributed by atoms with Crippen LogP contribution in [0.4, 0.5) is 0 Å². The topological polar surface area (TPSA) is 17.8 Å². The number of alkyl halides is 1. The molecule has 0 N–H and O–H groups in total. The molecule has 17 heavy (non-hydrogen) atoms. The Balaban J connectivity index is 2.92. The van der Waals surface area contributed by atoms with Gasteiger partial charge in [0.05, 0.1) is 15.9 Å². The third-order valence-corrected chi connectivity index (χ3v) is 3.88. The van der Waals surface area contributed by atoms with Gasteiger partial charge >= 0.3 is 0 Å². The van der Waals surface area contributed by atoms with E-state index in [1.165, 1.54) is 15.7 Å². The molecule has 0 saturated carbocycles. The molecule has 0 atom stereocenters. The Morgan fingerprint density at radius 1 is 1.47 bits per heavy atom. The standard InChI is InChI=1S/C13H20BrClN2/c1-4-11-13(14)12(17(5-2)16-11)9-10(3)7-6-8-15/h7H,4-6,8-9H2,1-3H3. The second kappa shape index (κ2) is 7.22. The molecule has 0 aliphatic rings. The molecular formula is C13H20BrClN2. The smallest absolute Gasteiger partial charge is 0.0766 e. The van der Waals surface area contributed by atoms with Crippen molar-refractivity contribution in [3.63, 3.8) is 0 Å². The summed E-state index contributed by atoms with van der Waals surface area (Å²) in [6.45, 7) is 7.32. The van der Waals surface area contributed by atoms with Crippen LogP contribution in [0.1, 0.15) is 38.6 Å². The summed E-state index contributed by atoms with van der Waals surface area (Å²) in [5.41, 5.74) is 3.77. The highest BCUT2D eigenvalue weighted by Gasteiger charge is 2.13. The van der Waals surface area contributed by atoms with E-state index >= 15 is 0 Å². The summed E-state index contributed by atoms with van der Waals surface area (Å²) in [4.78, 5) is 0. The molecule has 96 valence electrons. The third kappa shape index (κ3) is 3.85. The average molecular weight is 320 g/mol. The molecular weight excluding hydrogens is 300 g/mol. The van der Waals surface area contributed by atoms with Crippen LogP contribution in [-0.2, 0) is 19.4 Å². The minimum Gasteiger partial charge on any atom is -0.268 e. The van der Waals surface area contributed by atoms with Crippen LogP contribution in [-0.4, -0.2) is 15.7 Å². The van der Waals surface area contributed by atoms with Gasteiger partial charge in [-0.05, 0) is 42.6 Å². The van der Waals surface area contributed by atoms with Crippen molar-refractivity contribution in [2.24, 2.45) is 0 Å². The van der Waals surface area contributed by atoms with Gasteiger partial charge in [0.15, 0.2) is 0 Å². The number of allylic oxidation sites excluding steroid dienone is 2. The zero-order valence-electron chi connectivity index (χ0n) is 10.8. The molecule has 4 heteroatoms. The lowest BCUT2D eigenvalue weighted by Crippen LogP contribution is -2.03. The molecule has 0 unspecified atom stereocenters. The van der Waals surface area contributed by atoms with Gasteiger partial charge in [0.25, 0.3) is 0 Å². The van der Waals surface area contributed by atoms with Crippen LogP contribution in [0.3, 0.4) is 0 Å². The molecule has 0 saturated heterocycles. The number of nitrogens with zero attached hydrogens (tertiary/aromatic N) is 2. The first kappa shape index (κ1) is 14.8. The summed E-state index contributed by atoms with van der Waals surface area (Å²) in [5, 5.41) is 4.60. The van der Waals surface area contributed by atoms with Crippen molar-refractivity contribution in [1.82, 2.24) is 9.78 Å². The van der Waals surface area contributed by atoms with E-state index in [1.807, 2.05) is 0 Å². The highest BCUT2D eigenvalue weighted by atomic mass is 79.9. The molecule has 1 heterocycles. The highest BCUT2D eigenvalue weighted by Crippen LogP contribution is 2.24. The number of hydrogen-bond acceptors (Lipinski definition) is 1. The second-order valence-electron chi connectivity index (χ2n) is 4.08. The first-order valence-electron chi connectivity index (χ1n) is 6.09. The average Bonchev–Trinajstić information content (AvgIpc) is 2.63. The van der Waals surface area contributed by atoms with Gasteiger partial charge in [-0.3, -0.25) is 4.68 Å². The SMILES string of the molecule is CCc1nn(CC)c(CC(C)=CCCCl)c1Br. The van der Waals surface area contributed by atoms with E-state index < -0.39 is 0 Å². The molecule has 0 aliphatic carbocycles. The summed E-state index contributed by atoms with van der Waals surface area (Å²) < 4.78 is 3.25. The second-order valence-corrected chi connectivity index (χ2v) is 5.25. The van der Waals surface area contributed by atoms with Gasteiger partial charge in [0, 0.05) is 18.8 Å². The molecule has 0 radical (unpaired) electrons. The van der Waals surface area contributed by atoms with E-state index in [0.29, 0.717) is 5.88 Å². The number of rotatable bonds is 6. The van der Waals surface area contributed by atoms with Crippen LogP contribution in [0, 0.1) is 0 Å². The van der Waals surface area contributed by atoms with Crippen molar-refractivity contribution in [3.05, 3.63) is 27.5 Å². The van der Waals surface area contributed by atoms with Gasteiger partial charge < -0.3 is 0 Å². The fourth-order valence-electron chi connectivity index (χ4n) is 1.82. The Hall–Kier alpha value is -0.280. The molecule has 1 rings (SSSR count). The maximum Gasteiger partial charge on any atom is 0.0766 e. The first-order chi connectivity index (χ1) is 8.13. The van der Waals surface area contributed by atoms with E-state index in [2.05, 4.69) is 52.6 Å². The summed E-state index contributed by atoms with van der Waals surface area (Å²) >= 11 is 9.36. The molecule has 1 aromatic heterocycles. The lowest BCUT2D eigenvalue weighted by molar-refractivity contribution is 0.619. The van der Waals surface area contributed by atoms with Crippen LogP contribution in [0.5, 0.6) is 0 Å². The zero-order valence-corrected chi connectivity index (χ0v) is 13.1. The quantitative estimate of drug-likeness (QED) is 0.563. The number of aromatic nitrogens is 2. The Labute approximate surface area is 117 Å². The Kier molecular flexibility index (Phi) is 6.28. The monoisotopic (exact) mass is 318 g/mol. The van der Waals surface area contributed by atoms with E-state index in [1.54, 1.807) is 0 Å². The van der Waals surface area contributed by atoms with Crippen molar-refractivity contribution in [1.29, 1.82) is 0 Å². The molecule has 0 bridgehead atoms. The van der Waals surface area contributed by atoms with E-state index in [0.717, 1.165) is 31.5 Å². The fraction of sp³-hybridized carbons (Fsp3) is 0.615. The van der Waals surface area contributed by atoms with Gasteiger partial charge in [-0.2, -0.15) is 5.10 Å². The lowest BCUT2D eigenvalue weighted by atomic mass is 10.1. The summed E-state index contributed by atoms with van der Waals surface area (Å²) in [6, 6.07) is 0. The number of halogens is 2. The number of aryl methyl sites for hydroxylation is 2. The van der Waals surface area contributed by atoms with Crippen LogP contribution in [0.15, 0.2) is 16.1 Å². The fourth-order valence-corrected chi connectivity index (χ4v) is 2.64. The van der Waals surface area contributed by atoms with E-state index in [4.69, 9.17) is 11.6 Å². The predicted molar refractivity (Wildman–Crippen MR) is 77.8 cm³/mol. The van der Waals surface area contributed by atoms with E-state index in [-0.39, 0.29) is 0 Å². The minimum absolute atomic E-state index is 0.686. The maximum atomic E-state index is 5.69. The molecule has 1 aromatic rings. The predicted octanol–water partition coefficient (Wildman–Crippen LogP) is 4.35. The van der Waals surface area contributed by atoms with Crippen molar-refractivity contribution < 1.29 is 0 Å². The van der Waals surface area contributed by atoms with Gasteiger partial charge in [-0.25, -0.2) is 0 Å². The molecule has 0 aromatic carbocycles. The summed E-state index contributed by atoms with van der Waals surface area (Å²) in [6.07, 6.45) is 5.05. The van der Waals surface area contributed by atoms with Crippen molar-refractivity contribution >= 4 is 27.5 Å². The maximum absolute atomic E-state index is 5.69. The zero-order chi connectivity index (χ0) is 12.8. The van der Waals surface area contributed by atoms with Gasteiger partial charge in [-0.15, -0.1) is 11.6 Å². The van der Waals surface area contributed by atoms with Crippen molar-refractivity contribution in [3.8, 4) is 0 Å². The molecule has 0 amide bonds. The summed E-state index contributed by atoms with van der Waals surface area (Å²) in [7, 11) is 0. The largest absolute Gasteiger partial charge is 0.268 e. The number of hydrogen-bond donors (Lipinski definition) is 0. The van der Waals surface area contributed by atoms with Crippen LogP contribution < -0.4 is 0 Å². The third-order valence-electron chi connectivity index (χ3n) is 2.74. The normalized spacial score (nSPS) is 12.2. The Bertz CT molecular complexity index is 396. The van der Waals surface area contributed by atoms with Crippen LogP contribution >= 0.6 is 27.5 Å². The summed E-state index contributed by atoms with van der Waals surface area (Å²) in [5.74, 6) is 0.686. The molecule has 0 fully saturated rings. The molecule has 2 nitrogen and oxygen atoms in total. The minimum atomic E-state index is 0.686. The van der Waals surface area contributed by atoms with Crippen LogP contribution in [0.2, 0.25) is 0 Å². The Morgan fingerprint density at radius 2 is 2.18 bits per heavy atom. The van der Waals surface area contributed by atoms with Crippen molar-refractivity contribution in [2.45, 2.75) is 46.6 Å². The van der Waals surface area contributed by atoms with Crippen LogP contribution in [0.25, 0.3) is 0 Å². The first-order valence-corrected chi connectivity index (χ1v) is 7.42. The van der Waals surface area contributed by atoms with Gasteiger partial charge in [0.2, 0.25) is 0 Å². The Morgan fingerprint density at radius 3 is 2.71 bits per heavy atom. The van der Waals surface area contributed by atoms with Gasteiger partial charge in [0.1, 0.15) is 0 Å². The highest BCUT2D eigenvalue weighted by molar-refractivity contribution is 9.10. The lowest BCUT2D eigenvalue weighted by Gasteiger charge is -2.05. The van der Waals surface area contributed by atoms with E-state index in [9.17, 15) is 0 Å². The van der Waals surface area contributed by atoms with Gasteiger partial charge in [-0.1, -0.05) is 18.6 Å². The van der Waals surface area contributed by atoms with Crippen molar-refractivity contribution in [2.75, 3.05) is 5.88 Å². The molecule has 0 aliphatic heterocycles.